The van der Waals surface area contributed by atoms with Gasteiger partial charge in [0.05, 0.1) is 5.41 Å². The summed E-state index contributed by atoms with van der Waals surface area (Å²) in [6, 6.07) is 3.54. The van der Waals surface area contributed by atoms with Crippen molar-refractivity contribution in [3.8, 4) is 0 Å². The minimum atomic E-state index is -0.842. The third kappa shape index (κ3) is 2.39. The highest BCUT2D eigenvalue weighted by Crippen LogP contribution is 2.36. The van der Waals surface area contributed by atoms with Crippen molar-refractivity contribution < 1.29 is 9.90 Å². The largest absolute Gasteiger partial charge is 0.481 e. The molecule has 0 spiro atoms. The molecule has 4 heteroatoms. The van der Waals surface area contributed by atoms with Gasteiger partial charge < -0.3 is 10.0 Å². The van der Waals surface area contributed by atoms with Crippen molar-refractivity contribution in [2.75, 3.05) is 14.1 Å². The lowest BCUT2D eigenvalue weighted by Gasteiger charge is -2.35. The van der Waals surface area contributed by atoms with E-state index in [9.17, 15) is 9.90 Å². The number of pyridine rings is 1. The molecule has 1 aromatic heterocycles. The van der Waals surface area contributed by atoms with Crippen LogP contribution in [0.1, 0.15) is 25.5 Å². The van der Waals surface area contributed by atoms with Gasteiger partial charge >= 0.3 is 5.97 Å². The Morgan fingerprint density at radius 1 is 1.38 bits per heavy atom. The predicted molar refractivity (Wildman–Crippen MR) is 62.1 cm³/mol. The predicted octanol–water partition coefficient (Wildman–Crippen LogP) is 1.80. The van der Waals surface area contributed by atoms with Gasteiger partial charge in [-0.2, -0.15) is 0 Å². The molecule has 1 atom stereocenters. The van der Waals surface area contributed by atoms with Crippen molar-refractivity contribution >= 4 is 5.97 Å². The Morgan fingerprint density at radius 3 is 2.25 bits per heavy atom. The van der Waals surface area contributed by atoms with Gasteiger partial charge in [0.25, 0.3) is 0 Å². The maximum Gasteiger partial charge on any atom is 0.311 e. The standard InChI is InChI=1S/C12H18N2O2/c1-12(2,11(15)16)10(14(3)4)9-5-7-13-8-6-9/h5-8,10H,1-4H3,(H,15,16). The SMILES string of the molecule is CN(C)C(c1ccncc1)C(C)(C)C(=O)O. The molecule has 1 heterocycles. The van der Waals surface area contributed by atoms with E-state index in [1.54, 1.807) is 26.2 Å². The van der Waals surface area contributed by atoms with Crippen molar-refractivity contribution in [2.45, 2.75) is 19.9 Å². The summed E-state index contributed by atoms with van der Waals surface area (Å²) in [6.45, 7) is 3.47. The molecule has 0 amide bonds. The number of aromatic nitrogens is 1. The smallest absolute Gasteiger partial charge is 0.311 e. The van der Waals surface area contributed by atoms with E-state index in [-0.39, 0.29) is 6.04 Å². The van der Waals surface area contributed by atoms with Gasteiger partial charge in [0.2, 0.25) is 0 Å². The van der Waals surface area contributed by atoms with Crippen LogP contribution < -0.4 is 0 Å². The Labute approximate surface area is 95.9 Å². The molecule has 0 fully saturated rings. The van der Waals surface area contributed by atoms with Crippen molar-refractivity contribution in [2.24, 2.45) is 5.41 Å². The number of carboxylic acid groups (broad SMARTS) is 1. The lowest BCUT2D eigenvalue weighted by atomic mass is 9.80. The van der Waals surface area contributed by atoms with E-state index in [1.165, 1.54) is 0 Å². The van der Waals surface area contributed by atoms with Crippen molar-refractivity contribution in [3.05, 3.63) is 30.1 Å². The zero-order chi connectivity index (χ0) is 12.3. The molecule has 16 heavy (non-hydrogen) atoms. The summed E-state index contributed by atoms with van der Waals surface area (Å²) in [5.41, 5.74) is 0.123. The molecule has 0 radical (unpaired) electrons. The quantitative estimate of drug-likeness (QED) is 0.844. The first-order valence-electron chi connectivity index (χ1n) is 5.17. The summed E-state index contributed by atoms with van der Waals surface area (Å²) < 4.78 is 0. The highest BCUT2D eigenvalue weighted by molar-refractivity contribution is 5.75. The van der Waals surface area contributed by atoms with Crippen LogP contribution in [0.4, 0.5) is 0 Å². The van der Waals surface area contributed by atoms with E-state index < -0.39 is 11.4 Å². The molecule has 0 saturated heterocycles. The van der Waals surface area contributed by atoms with Gasteiger partial charge in [-0.15, -0.1) is 0 Å². The fraction of sp³-hybridized carbons (Fsp3) is 0.500. The average molecular weight is 222 g/mol. The average Bonchev–Trinajstić information content (AvgIpc) is 2.18. The molecule has 0 aromatic carbocycles. The van der Waals surface area contributed by atoms with E-state index in [2.05, 4.69) is 4.98 Å². The van der Waals surface area contributed by atoms with Crippen molar-refractivity contribution in [1.29, 1.82) is 0 Å². The summed E-state index contributed by atoms with van der Waals surface area (Å²) in [5.74, 6) is -0.803. The van der Waals surface area contributed by atoms with Crippen LogP contribution in [0.5, 0.6) is 0 Å². The molecule has 1 unspecified atom stereocenters. The van der Waals surface area contributed by atoms with Crippen LogP contribution in [-0.2, 0) is 4.79 Å². The first kappa shape index (κ1) is 12.6. The second kappa shape index (κ2) is 4.61. The summed E-state index contributed by atoms with van der Waals surface area (Å²) in [6.07, 6.45) is 3.37. The molecule has 88 valence electrons. The topological polar surface area (TPSA) is 53.4 Å². The monoisotopic (exact) mass is 222 g/mol. The van der Waals surface area contributed by atoms with E-state index in [0.717, 1.165) is 5.56 Å². The molecular formula is C12H18N2O2. The molecule has 0 aliphatic carbocycles. The summed E-state index contributed by atoms with van der Waals surface area (Å²) in [4.78, 5) is 17.2. The maximum absolute atomic E-state index is 11.3. The molecule has 1 rings (SSSR count). The number of carbonyl (C=O) groups is 1. The molecule has 0 aliphatic rings. The zero-order valence-corrected chi connectivity index (χ0v) is 10.1. The normalized spacial score (nSPS) is 13.8. The third-order valence-electron chi connectivity index (χ3n) is 2.77. The number of nitrogens with zero attached hydrogens (tertiary/aromatic N) is 2. The van der Waals surface area contributed by atoms with Gasteiger partial charge in [0.1, 0.15) is 0 Å². The Balaban J connectivity index is 3.16. The molecular weight excluding hydrogens is 204 g/mol. The molecule has 4 nitrogen and oxygen atoms in total. The third-order valence-corrected chi connectivity index (χ3v) is 2.77. The van der Waals surface area contributed by atoms with Crippen LogP contribution in [0.25, 0.3) is 0 Å². The van der Waals surface area contributed by atoms with Crippen molar-refractivity contribution in [1.82, 2.24) is 9.88 Å². The number of carboxylic acids is 1. The second-order valence-electron chi connectivity index (χ2n) is 4.67. The zero-order valence-electron chi connectivity index (χ0n) is 10.1. The highest BCUT2D eigenvalue weighted by atomic mass is 16.4. The van der Waals surface area contributed by atoms with Gasteiger partial charge in [-0.05, 0) is 45.6 Å². The molecule has 1 aromatic rings. The summed E-state index contributed by atoms with van der Waals surface area (Å²) in [7, 11) is 3.77. The van der Waals surface area contributed by atoms with E-state index in [0.29, 0.717) is 0 Å². The highest BCUT2D eigenvalue weighted by Gasteiger charge is 2.39. The van der Waals surface area contributed by atoms with Crippen LogP contribution in [-0.4, -0.2) is 35.1 Å². The van der Waals surface area contributed by atoms with Gasteiger partial charge in [-0.25, -0.2) is 0 Å². The van der Waals surface area contributed by atoms with E-state index in [4.69, 9.17) is 0 Å². The first-order chi connectivity index (χ1) is 7.37. The van der Waals surface area contributed by atoms with Crippen LogP contribution in [0.3, 0.4) is 0 Å². The molecule has 0 aliphatic heterocycles. The van der Waals surface area contributed by atoms with E-state index >= 15 is 0 Å². The van der Waals surface area contributed by atoms with Crippen LogP contribution in [0.2, 0.25) is 0 Å². The fourth-order valence-corrected chi connectivity index (χ4v) is 2.02. The van der Waals surface area contributed by atoms with Crippen molar-refractivity contribution in [3.63, 3.8) is 0 Å². The van der Waals surface area contributed by atoms with Gasteiger partial charge in [0, 0.05) is 18.4 Å². The lowest BCUT2D eigenvalue weighted by molar-refractivity contribution is -0.150. The van der Waals surface area contributed by atoms with Gasteiger partial charge in [-0.3, -0.25) is 9.78 Å². The summed E-state index contributed by atoms with van der Waals surface area (Å²) in [5, 5.41) is 9.28. The van der Waals surface area contributed by atoms with Gasteiger partial charge in [0.15, 0.2) is 0 Å². The second-order valence-corrected chi connectivity index (χ2v) is 4.67. The number of hydrogen-bond acceptors (Lipinski definition) is 3. The summed E-state index contributed by atoms with van der Waals surface area (Å²) >= 11 is 0. The Bertz CT molecular complexity index is 361. The number of hydrogen-bond donors (Lipinski definition) is 1. The maximum atomic E-state index is 11.3. The van der Waals surface area contributed by atoms with Crippen LogP contribution in [0.15, 0.2) is 24.5 Å². The minimum absolute atomic E-state index is 0.173. The van der Waals surface area contributed by atoms with Crippen LogP contribution >= 0.6 is 0 Å². The Morgan fingerprint density at radius 2 is 1.88 bits per heavy atom. The number of aliphatic carboxylic acids is 1. The fourth-order valence-electron chi connectivity index (χ4n) is 2.02. The number of rotatable bonds is 4. The lowest BCUT2D eigenvalue weighted by Crippen LogP contribution is -2.39. The molecule has 0 bridgehead atoms. The van der Waals surface area contributed by atoms with Crippen LogP contribution in [0, 0.1) is 5.41 Å². The Kier molecular flexibility index (Phi) is 3.65. The Hall–Kier alpha value is -1.42. The molecule has 1 N–H and O–H groups in total. The van der Waals surface area contributed by atoms with Gasteiger partial charge in [-0.1, -0.05) is 0 Å². The first-order valence-corrected chi connectivity index (χ1v) is 5.17. The van der Waals surface area contributed by atoms with E-state index in [1.807, 2.05) is 31.1 Å². The molecule has 0 saturated carbocycles. The minimum Gasteiger partial charge on any atom is -0.481 e.